The second-order valence-electron chi connectivity index (χ2n) is 11.7. The molecule has 21 heteroatoms. The Labute approximate surface area is 273 Å². The second-order valence-corrected chi connectivity index (χ2v) is 11.7. The molecule has 4 heterocycles. The zero-order valence-electron chi connectivity index (χ0n) is 26.1. The number of amides is 2. The number of nitrogens with zero attached hydrogens (tertiary/aromatic N) is 2. The monoisotopic (exact) mass is 716 g/mol. The summed E-state index contributed by atoms with van der Waals surface area (Å²) in [5.74, 6) is -5.56. The maximum Gasteiger partial charge on any atom is 0.471 e. The van der Waals surface area contributed by atoms with Crippen LogP contribution in [0, 0.1) is 11.8 Å². The van der Waals surface area contributed by atoms with E-state index in [1.54, 1.807) is 13.8 Å². The highest BCUT2D eigenvalue weighted by molar-refractivity contribution is 5.83. The molecule has 0 aromatic carbocycles. The van der Waals surface area contributed by atoms with E-state index >= 15 is 0 Å². The largest absolute Gasteiger partial charge is 0.471 e. The van der Waals surface area contributed by atoms with Gasteiger partial charge in [-0.15, -0.1) is 0 Å². The number of aliphatic hydroxyl groups excluding tert-OH is 1. The number of halogens is 6. The first-order chi connectivity index (χ1) is 22.0. The number of carbonyl (C=O) groups excluding carboxylic acids is 2. The van der Waals surface area contributed by atoms with Crippen molar-refractivity contribution in [2.45, 2.75) is 96.6 Å². The summed E-state index contributed by atoms with van der Waals surface area (Å²) in [6, 6.07) is 2.05. The van der Waals surface area contributed by atoms with Crippen molar-refractivity contribution in [3.63, 3.8) is 0 Å². The van der Waals surface area contributed by atoms with Crippen LogP contribution in [0.4, 0.5) is 26.3 Å². The number of carbonyl (C=O) groups is 2. The van der Waals surface area contributed by atoms with Crippen LogP contribution in [0.3, 0.4) is 0 Å². The molecule has 0 radical (unpaired) electrons. The van der Waals surface area contributed by atoms with Crippen LogP contribution in [-0.4, -0.2) is 78.3 Å². The normalized spacial score (nSPS) is 29.7. The molecule has 49 heavy (non-hydrogen) atoms. The van der Waals surface area contributed by atoms with E-state index in [0.29, 0.717) is 6.42 Å². The zero-order chi connectivity index (χ0) is 36.6. The highest BCUT2D eigenvalue weighted by Gasteiger charge is 2.57. The number of aromatic nitrogens is 4. The van der Waals surface area contributed by atoms with Gasteiger partial charge >= 0.3 is 35.5 Å². The zero-order valence-corrected chi connectivity index (χ0v) is 26.1. The third kappa shape index (κ3) is 8.32. The average Bonchev–Trinajstić information content (AvgIpc) is 3.36. The maximum absolute atomic E-state index is 12.7. The first-order valence-electron chi connectivity index (χ1n) is 14.3. The van der Waals surface area contributed by atoms with Gasteiger partial charge in [-0.3, -0.25) is 38.3 Å². The van der Waals surface area contributed by atoms with Gasteiger partial charge in [0.15, 0.2) is 12.5 Å². The third-order valence-corrected chi connectivity index (χ3v) is 8.71. The molecular formula is C28H38F6N6O9. The van der Waals surface area contributed by atoms with Crippen LogP contribution in [0.1, 0.15) is 60.9 Å². The first-order valence-corrected chi connectivity index (χ1v) is 14.3. The molecular weight excluding hydrogens is 678 g/mol. The average molecular weight is 717 g/mol. The predicted molar refractivity (Wildman–Crippen MR) is 158 cm³/mol. The van der Waals surface area contributed by atoms with Crippen molar-refractivity contribution in [2.75, 3.05) is 6.61 Å². The lowest BCUT2D eigenvalue weighted by atomic mass is 9.83. The third-order valence-electron chi connectivity index (χ3n) is 8.71. The summed E-state index contributed by atoms with van der Waals surface area (Å²) < 4.78 is 88.9. The molecule has 5 N–H and O–H groups in total. The van der Waals surface area contributed by atoms with E-state index in [0.717, 1.165) is 33.7 Å². The van der Waals surface area contributed by atoms with Gasteiger partial charge in [-0.25, -0.2) is 9.59 Å². The molecule has 0 spiro atoms. The Balaban J connectivity index is 0.000000333. The maximum atomic E-state index is 12.7. The number of H-pyrrole nitrogens is 2. The summed E-state index contributed by atoms with van der Waals surface area (Å²) in [6.45, 7) is 7.05. The number of nitrogens with one attached hydrogen (secondary N) is 4. The highest BCUT2D eigenvalue weighted by Crippen LogP contribution is 2.44. The Kier molecular flexibility index (Phi) is 12.3. The summed E-state index contributed by atoms with van der Waals surface area (Å²) in [7, 11) is 0. The smallest absolute Gasteiger partial charge is 0.394 e. The number of aromatic amines is 2. The lowest BCUT2D eigenvalue weighted by molar-refractivity contribution is -0.177. The molecule has 0 saturated carbocycles. The lowest BCUT2D eigenvalue weighted by Gasteiger charge is -2.35. The van der Waals surface area contributed by atoms with E-state index in [4.69, 9.17) is 9.47 Å². The fourth-order valence-electron chi connectivity index (χ4n) is 5.64. The molecule has 2 aromatic heterocycles. The first kappa shape index (κ1) is 40.9. The SMILES string of the molecule is C.CC[C@H]1O[C@@H](n2ccc(=O)[nH]c2=O)[C@](C)(NC(=O)C(F)(F)F)[C@@H]1C.C[C@@H]1[C@@H](CO)O[C@@H](n2ccc(=O)[nH]c2=O)[C@]1(C)NC(=O)C(F)(F)F. The Morgan fingerprint density at radius 1 is 0.796 bits per heavy atom. The van der Waals surface area contributed by atoms with Crippen LogP contribution in [-0.2, 0) is 19.1 Å². The molecule has 2 aromatic rings. The van der Waals surface area contributed by atoms with E-state index in [2.05, 4.69) is 0 Å². The molecule has 0 bridgehead atoms. The van der Waals surface area contributed by atoms with E-state index in [1.807, 2.05) is 20.6 Å². The van der Waals surface area contributed by atoms with Crippen molar-refractivity contribution in [1.29, 1.82) is 0 Å². The Bertz CT molecular complexity index is 1610. The molecule has 15 nitrogen and oxygen atoms in total. The van der Waals surface area contributed by atoms with Gasteiger partial charge in [-0.1, -0.05) is 28.2 Å². The van der Waals surface area contributed by atoms with Crippen LogP contribution in [0.2, 0.25) is 0 Å². The Hall–Kier alpha value is -4.24. The van der Waals surface area contributed by atoms with Gasteiger partial charge in [0.25, 0.3) is 11.1 Å². The van der Waals surface area contributed by atoms with Gasteiger partial charge in [0.2, 0.25) is 0 Å². The van der Waals surface area contributed by atoms with Gasteiger partial charge < -0.3 is 25.2 Å². The van der Waals surface area contributed by atoms with Gasteiger partial charge in [0.05, 0.1) is 29.9 Å². The van der Waals surface area contributed by atoms with Crippen molar-refractivity contribution < 1.29 is 50.5 Å². The van der Waals surface area contributed by atoms with E-state index in [1.165, 1.54) is 20.8 Å². The van der Waals surface area contributed by atoms with Crippen LogP contribution in [0.25, 0.3) is 0 Å². The number of rotatable bonds is 6. The van der Waals surface area contributed by atoms with E-state index in [9.17, 15) is 60.2 Å². The van der Waals surface area contributed by atoms with Gasteiger partial charge in [0.1, 0.15) is 0 Å². The van der Waals surface area contributed by atoms with Crippen molar-refractivity contribution in [3.05, 3.63) is 66.2 Å². The molecule has 4 rings (SSSR count). The topological polar surface area (TPSA) is 207 Å². The van der Waals surface area contributed by atoms with Crippen LogP contribution < -0.4 is 33.1 Å². The molecule has 2 aliphatic heterocycles. The van der Waals surface area contributed by atoms with Crippen LogP contribution in [0.5, 0.6) is 0 Å². The minimum Gasteiger partial charge on any atom is -0.394 e. The number of hydrogen-bond donors (Lipinski definition) is 5. The fraction of sp³-hybridized carbons (Fsp3) is 0.643. The Morgan fingerprint density at radius 2 is 1.14 bits per heavy atom. The predicted octanol–water partition coefficient (Wildman–Crippen LogP) is 1.05. The quantitative estimate of drug-likeness (QED) is 0.271. The molecule has 2 amide bonds. The highest BCUT2D eigenvalue weighted by atomic mass is 19.4. The second kappa shape index (κ2) is 14.7. The number of alkyl halides is 6. The minimum absolute atomic E-state index is 0. The summed E-state index contributed by atoms with van der Waals surface area (Å²) in [5, 5.41) is 13.1. The molecule has 276 valence electrons. The van der Waals surface area contributed by atoms with E-state index < -0.39 is 101 Å². The standard InChI is InChI=1S/C14H18F3N3O4.C13H16F3N3O5.CH4/c1-4-8-7(2)13(3,19-10(22)14(15,16)17)11(24-8)20-6-5-9(21)18-12(20)23;1-6-7(5-20)24-10(19-4-3-8(21)17-11(19)23)12(6,2)18-9(22)13(14,15)16;/h5-8,11H,4H2,1-3H3,(H,19,22)(H,18,21,23);3-4,6-7,10,20H,5H2,1-2H3,(H,18,22)(H,17,21,23);1H4/t7-,8-,11-,13-;6-,7-,10-,12-;/m11./s1. The summed E-state index contributed by atoms with van der Waals surface area (Å²) in [5.41, 5.74) is -6.22. The summed E-state index contributed by atoms with van der Waals surface area (Å²) in [4.78, 5) is 73.1. The van der Waals surface area contributed by atoms with Crippen molar-refractivity contribution in [1.82, 2.24) is 29.7 Å². The molecule has 2 aliphatic rings. The molecule has 2 fully saturated rings. The van der Waals surface area contributed by atoms with Crippen molar-refractivity contribution in [3.8, 4) is 0 Å². The fourth-order valence-corrected chi connectivity index (χ4v) is 5.64. The van der Waals surface area contributed by atoms with Gasteiger partial charge in [0, 0.05) is 36.4 Å². The lowest BCUT2D eigenvalue weighted by Crippen LogP contribution is -2.58. The molecule has 2 saturated heterocycles. The summed E-state index contributed by atoms with van der Waals surface area (Å²) >= 11 is 0. The number of hydrogen-bond acceptors (Lipinski definition) is 9. The van der Waals surface area contributed by atoms with Gasteiger partial charge in [-0.05, 0) is 20.3 Å². The van der Waals surface area contributed by atoms with Gasteiger partial charge in [-0.2, -0.15) is 26.3 Å². The molecule has 0 unspecified atom stereocenters. The van der Waals surface area contributed by atoms with Crippen LogP contribution in [0.15, 0.2) is 43.7 Å². The molecule has 0 aliphatic carbocycles. The van der Waals surface area contributed by atoms with Crippen molar-refractivity contribution in [2.24, 2.45) is 11.8 Å². The summed E-state index contributed by atoms with van der Waals surface area (Å²) in [6.07, 6.45) is -11.4. The number of aliphatic hydroxyl groups is 1. The van der Waals surface area contributed by atoms with E-state index in [-0.39, 0.29) is 7.43 Å². The van der Waals surface area contributed by atoms with Crippen molar-refractivity contribution >= 4 is 11.8 Å². The molecule has 8 atom stereocenters. The minimum atomic E-state index is -5.12. The Morgan fingerprint density at radius 3 is 1.45 bits per heavy atom. The number of ether oxygens (including phenoxy) is 2. The van der Waals surface area contributed by atoms with Crippen LogP contribution >= 0.6 is 0 Å².